The van der Waals surface area contributed by atoms with Crippen molar-refractivity contribution in [1.82, 2.24) is 9.13 Å². The third-order valence-corrected chi connectivity index (χ3v) is 9.01. The number of fused-ring (bicyclic) bond motifs is 7. The smallest absolute Gasteiger partial charge is 0.0641 e. The molecule has 0 spiro atoms. The number of rotatable bonds is 4. The van der Waals surface area contributed by atoms with Crippen molar-refractivity contribution in [2.24, 2.45) is 0 Å². The van der Waals surface area contributed by atoms with Gasteiger partial charge in [-0.2, -0.15) is 0 Å². The number of benzene rings is 7. The minimum Gasteiger partial charge on any atom is -0.399 e. The molecule has 0 bridgehead atoms. The van der Waals surface area contributed by atoms with E-state index in [9.17, 15) is 0 Å². The van der Waals surface area contributed by atoms with E-state index in [0.29, 0.717) is 0 Å². The molecule has 9 rings (SSSR count). The van der Waals surface area contributed by atoms with Crippen molar-refractivity contribution in [2.75, 3.05) is 5.73 Å². The summed E-state index contributed by atoms with van der Waals surface area (Å²) in [5.41, 5.74) is 18.9. The SMILES string of the molecule is Nc1cc(-c2ccccc2)c(-n2c3ccccc3c3c2ccc2c4ccccc4n(-c4ccccc4)c23)c(-c2ccccc2)c1. The second-order valence-corrected chi connectivity index (χ2v) is 11.6. The van der Waals surface area contributed by atoms with E-state index in [1.54, 1.807) is 0 Å². The molecule has 0 saturated carbocycles. The van der Waals surface area contributed by atoms with E-state index in [2.05, 4.69) is 173 Å². The Hall–Kier alpha value is -6.06. The minimum atomic E-state index is 0.740. The third-order valence-electron chi connectivity index (χ3n) is 9.01. The summed E-state index contributed by atoms with van der Waals surface area (Å²) in [6, 6.07) is 58.3. The van der Waals surface area contributed by atoms with Gasteiger partial charge in [-0.1, -0.05) is 121 Å². The molecular formula is C42H29N3. The fourth-order valence-corrected chi connectivity index (χ4v) is 7.17. The Morgan fingerprint density at radius 1 is 0.400 bits per heavy atom. The van der Waals surface area contributed by atoms with Crippen molar-refractivity contribution in [1.29, 1.82) is 0 Å². The van der Waals surface area contributed by atoms with Crippen LogP contribution in [0.4, 0.5) is 5.69 Å². The van der Waals surface area contributed by atoms with E-state index < -0.39 is 0 Å². The van der Waals surface area contributed by atoms with E-state index in [4.69, 9.17) is 5.73 Å². The lowest BCUT2D eigenvalue weighted by molar-refractivity contribution is 1.18. The minimum absolute atomic E-state index is 0.740. The first-order valence-electron chi connectivity index (χ1n) is 15.3. The highest BCUT2D eigenvalue weighted by molar-refractivity contribution is 6.26. The lowest BCUT2D eigenvalue weighted by atomic mass is 9.94. The normalized spacial score (nSPS) is 11.6. The molecule has 2 heterocycles. The Balaban J connectivity index is 1.51. The van der Waals surface area contributed by atoms with Crippen LogP contribution < -0.4 is 5.73 Å². The van der Waals surface area contributed by atoms with Crippen molar-refractivity contribution in [3.05, 3.63) is 164 Å². The number of nitrogens with two attached hydrogens (primary N) is 1. The standard InChI is InChI=1S/C42H29N3/c43-30-26-35(28-14-4-1-5-15-28)41(36(27-30)29-16-6-2-7-17-29)45-38-23-13-11-21-34(38)40-39(45)25-24-33-32-20-10-12-22-37(32)44(42(33)40)31-18-8-3-9-19-31/h1-27H,43H2. The number of nitrogen functional groups attached to an aromatic ring is 1. The van der Waals surface area contributed by atoms with Gasteiger partial charge in [0.2, 0.25) is 0 Å². The molecule has 7 aromatic carbocycles. The van der Waals surface area contributed by atoms with Crippen molar-refractivity contribution < 1.29 is 0 Å². The van der Waals surface area contributed by atoms with Crippen molar-refractivity contribution >= 4 is 49.3 Å². The summed E-state index contributed by atoms with van der Waals surface area (Å²) in [5, 5.41) is 4.94. The van der Waals surface area contributed by atoms with Gasteiger partial charge in [-0.15, -0.1) is 0 Å². The van der Waals surface area contributed by atoms with Gasteiger partial charge in [-0.25, -0.2) is 0 Å². The van der Waals surface area contributed by atoms with Crippen LogP contribution in [-0.4, -0.2) is 9.13 Å². The van der Waals surface area contributed by atoms with Gasteiger partial charge in [0.15, 0.2) is 0 Å². The maximum absolute atomic E-state index is 6.67. The maximum atomic E-state index is 6.67. The monoisotopic (exact) mass is 575 g/mol. The van der Waals surface area contributed by atoms with Gasteiger partial charge < -0.3 is 14.9 Å². The summed E-state index contributed by atoms with van der Waals surface area (Å²) in [4.78, 5) is 0. The van der Waals surface area contributed by atoms with Crippen LogP contribution in [0.25, 0.3) is 77.2 Å². The van der Waals surface area contributed by atoms with Crippen LogP contribution in [0.5, 0.6) is 0 Å². The second kappa shape index (κ2) is 10.0. The number of nitrogens with zero attached hydrogens (tertiary/aromatic N) is 2. The predicted octanol–water partition coefficient (Wildman–Crippen LogP) is 10.8. The van der Waals surface area contributed by atoms with Gasteiger partial charge in [-0.05, 0) is 53.6 Å². The van der Waals surface area contributed by atoms with Crippen molar-refractivity contribution in [2.45, 2.75) is 0 Å². The lowest BCUT2D eigenvalue weighted by Crippen LogP contribution is -2.02. The van der Waals surface area contributed by atoms with E-state index in [1.165, 1.54) is 32.6 Å². The second-order valence-electron chi connectivity index (χ2n) is 11.6. The number of hydrogen-bond donors (Lipinski definition) is 1. The van der Waals surface area contributed by atoms with Gasteiger partial charge in [0.05, 0.1) is 27.8 Å². The maximum Gasteiger partial charge on any atom is 0.0641 e. The number of para-hydroxylation sites is 3. The molecule has 2 N–H and O–H groups in total. The summed E-state index contributed by atoms with van der Waals surface area (Å²) in [6.45, 7) is 0. The zero-order valence-electron chi connectivity index (χ0n) is 24.6. The molecule has 0 aliphatic carbocycles. The molecular weight excluding hydrogens is 546 g/mol. The average Bonchev–Trinajstić information content (AvgIpc) is 3.62. The molecule has 0 amide bonds. The molecule has 0 atom stereocenters. The quantitative estimate of drug-likeness (QED) is 0.208. The highest BCUT2D eigenvalue weighted by atomic mass is 15.0. The van der Waals surface area contributed by atoms with Gasteiger partial charge in [0.1, 0.15) is 0 Å². The Morgan fingerprint density at radius 3 is 1.53 bits per heavy atom. The van der Waals surface area contributed by atoms with Crippen molar-refractivity contribution in [3.8, 4) is 33.6 Å². The molecule has 0 aliphatic heterocycles. The van der Waals surface area contributed by atoms with E-state index in [1.807, 2.05) is 0 Å². The molecule has 0 saturated heterocycles. The lowest BCUT2D eigenvalue weighted by Gasteiger charge is -2.20. The molecule has 3 nitrogen and oxygen atoms in total. The summed E-state index contributed by atoms with van der Waals surface area (Å²) in [6.07, 6.45) is 0. The van der Waals surface area contributed by atoms with Gasteiger partial charge in [-0.3, -0.25) is 0 Å². The third kappa shape index (κ3) is 3.84. The zero-order valence-corrected chi connectivity index (χ0v) is 24.6. The van der Waals surface area contributed by atoms with Crippen LogP contribution in [0, 0.1) is 0 Å². The number of aromatic nitrogens is 2. The zero-order chi connectivity index (χ0) is 29.9. The van der Waals surface area contributed by atoms with Crippen LogP contribution in [0.2, 0.25) is 0 Å². The van der Waals surface area contributed by atoms with E-state index in [-0.39, 0.29) is 0 Å². The van der Waals surface area contributed by atoms with Gasteiger partial charge in [0, 0.05) is 44.0 Å². The first-order valence-corrected chi connectivity index (χ1v) is 15.3. The van der Waals surface area contributed by atoms with E-state index >= 15 is 0 Å². The Labute approximate surface area is 261 Å². The summed E-state index contributed by atoms with van der Waals surface area (Å²) < 4.78 is 4.89. The average molecular weight is 576 g/mol. The molecule has 9 aromatic rings. The highest BCUT2D eigenvalue weighted by Gasteiger charge is 2.24. The first kappa shape index (κ1) is 25.4. The predicted molar refractivity (Wildman–Crippen MR) is 190 cm³/mol. The fraction of sp³-hybridized carbons (Fsp3) is 0. The molecule has 2 aromatic heterocycles. The largest absolute Gasteiger partial charge is 0.399 e. The van der Waals surface area contributed by atoms with Crippen LogP contribution in [0.3, 0.4) is 0 Å². The van der Waals surface area contributed by atoms with Crippen LogP contribution in [0.15, 0.2) is 164 Å². The van der Waals surface area contributed by atoms with Crippen LogP contribution in [-0.2, 0) is 0 Å². The molecule has 0 aliphatic rings. The first-order chi connectivity index (χ1) is 22.3. The molecule has 45 heavy (non-hydrogen) atoms. The van der Waals surface area contributed by atoms with Gasteiger partial charge >= 0.3 is 0 Å². The summed E-state index contributed by atoms with van der Waals surface area (Å²) >= 11 is 0. The molecule has 3 heteroatoms. The van der Waals surface area contributed by atoms with E-state index in [0.717, 1.165) is 50.3 Å². The Bertz CT molecular complexity index is 2460. The summed E-state index contributed by atoms with van der Waals surface area (Å²) in [7, 11) is 0. The Kier molecular flexibility index (Phi) is 5.66. The summed E-state index contributed by atoms with van der Waals surface area (Å²) in [5.74, 6) is 0. The molecule has 0 fully saturated rings. The molecule has 0 unspecified atom stereocenters. The van der Waals surface area contributed by atoms with Gasteiger partial charge in [0.25, 0.3) is 0 Å². The topological polar surface area (TPSA) is 35.9 Å². The molecule has 0 radical (unpaired) electrons. The van der Waals surface area contributed by atoms with Crippen LogP contribution in [0.1, 0.15) is 0 Å². The molecule has 212 valence electrons. The Morgan fingerprint density at radius 2 is 0.911 bits per heavy atom. The fourth-order valence-electron chi connectivity index (χ4n) is 7.17. The van der Waals surface area contributed by atoms with Crippen molar-refractivity contribution in [3.63, 3.8) is 0 Å². The van der Waals surface area contributed by atoms with Crippen LogP contribution >= 0.6 is 0 Å². The number of anilines is 1. The number of hydrogen-bond acceptors (Lipinski definition) is 1. The highest BCUT2D eigenvalue weighted by Crippen LogP contribution is 2.45.